The molecule has 1 fully saturated rings. The van der Waals surface area contributed by atoms with Crippen LogP contribution in [0.25, 0.3) is 22.5 Å². The van der Waals surface area contributed by atoms with Crippen LogP contribution in [0.15, 0.2) is 52.9 Å². The molecule has 0 atom stereocenters. The molecule has 3 heterocycles. The Kier molecular flexibility index (Phi) is 4.71. The molecule has 1 aliphatic rings. The quantitative estimate of drug-likeness (QED) is 0.559. The summed E-state index contributed by atoms with van der Waals surface area (Å²) in [7, 11) is 0. The second-order valence-corrected chi connectivity index (χ2v) is 7.01. The van der Waals surface area contributed by atoms with Crippen LogP contribution in [-0.4, -0.2) is 56.1 Å². The molecule has 8 nitrogen and oxygen atoms in total. The Balaban J connectivity index is 1.47. The van der Waals surface area contributed by atoms with Crippen molar-refractivity contribution in [3.05, 3.63) is 60.2 Å². The second-order valence-electron chi connectivity index (χ2n) is 7.01. The molecule has 1 aliphatic heterocycles. The molecular weight excluding hydrogens is 370 g/mol. The van der Waals surface area contributed by atoms with Crippen molar-refractivity contribution < 1.29 is 14.3 Å². The van der Waals surface area contributed by atoms with Crippen molar-refractivity contribution in [1.82, 2.24) is 24.6 Å². The Morgan fingerprint density at radius 1 is 0.931 bits per heavy atom. The van der Waals surface area contributed by atoms with Gasteiger partial charge in [0.1, 0.15) is 18.1 Å². The molecule has 0 aliphatic carbocycles. The summed E-state index contributed by atoms with van der Waals surface area (Å²) in [5.74, 6) is 1.84. The molecule has 8 heteroatoms. The molecule has 29 heavy (non-hydrogen) atoms. The number of morpholine rings is 1. The number of aromatic hydroxyl groups is 1. The number of phenols is 1. The zero-order valence-electron chi connectivity index (χ0n) is 15.9. The van der Waals surface area contributed by atoms with Gasteiger partial charge in [0.2, 0.25) is 5.89 Å². The third-order valence-electron chi connectivity index (χ3n) is 5.10. The van der Waals surface area contributed by atoms with Crippen molar-refractivity contribution in [3.63, 3.8) is 0 Å². The van der Waals surface area contributed by atoms with Crippen LogP contribution in [0.4, 0.5) is 0 Å². The summed E-state index contributed by atoms with van der Waals surface area (Å²) in [6.07, 6.45) is 0. The highest BCUT2D eigenvalue weighted by Gasteiger charge is 2.19. The predicted octanol–water partition coefficient (Wildman–Crippen LogP) is 2.67. The normalized spacial score (nSPS) is 15.2. The van der Waals surface area contributed by atoms with E-state index in [1.807, 2.05) is 30.3 Å². The molecule has 0 spiro atoms. The molecule has 0 bridgehead atoms. The fraction of sp³-hybridized carbons (Fsp3) is 0.286. The minimum atomic E-state index is 0.115. The molecule has 1 saturated heterocycles. The van der Waals surface area contributed by atoms with Gasteiger partial charge in [-0.15, -0.1) is 10.2 Å². The lowest BCUT2D eigenvalue weighted by molar-refractivity contribution is 0.0327. The van der Waals surface area contributed by atoms with Gasteiger partial charge in [0, 0.05) is 13.1 Å². The molecule has 0 unspecified atom stereocenters. The SMILES string of the molecule is Oc1ccccc1-c1nnc(Cn2c(CN3CCOCC3)nc3ccccc32)o1. The molecule has 0 saturated carbocycles. The number of rotatable bonds is 5. The molecule has 1 N–H and O–H groups in total. The number of imidazole rings is 1. The Bertz CT molecular complexity index is 1130. The number of aromatic nitrogens is 4. The van der Waals surface area contributed by atoms with Crippen molar-refractivity contribution in [2.45, 2.75) is 13.1 Å². The Hall–Kier alpha value is -3.23. The zero-order valence-corrected chi connectivity index (χ0v) is 15.9. The summed E-state index contributed by atoms with van der Waals surface area (Å²) in [5, 5.41) is 18.3. The number of ether oxygens (including phenoxy) is 1. The van der Waals surface area contributed by atoms with Crippen LogP contribution >= 0.6 is 0 Å². The van der Waals surface area contributed by atoms with E-state index in [9.17, 15) is 5.11 Å². The van der Waals surface area contributed by atoms with E-state index in [-0.39, 0.29) is 5.75 Å². The lowest BCUT2D eigenvalue weighted by Gasteiger charge is -2.26. The molecule has 4 aromatic rings. The predicted molar refractivity (Wildman–Crippen MR) is 106 cm³/mol. The van der Waals surface area contributed by atoms with Gasteiger partial charge in [0.25, 0.3) is 5.89 Å². The average Bonchev–Trinajstić information content (AvgIpc) is 3.35. The van der Waals surface area contributed by atoms with E-state index in [1.165, 1.54) is 0 Å². The Morgan fingerprint density at radius 2 is 1.72 bits per heavy atom. The summed E-state index contributed by atoms with van der Waals surface area (Å²) < 4.78 is 13.4. The maximum Gasteiger partial charge on any atom is 0.251 e. The highest BCUT2D eigenvalue weighted by Crippen LogP contribution is 2.28. The van der Waals surface area contributed by atoms with Crippen LogP contribution in [0, 0.1) is 0 Å². The number of phenolic OH excluding ortho intramolecular Hbond substituents is 1. The van der Waals surface area contributed by atoms with Gasteiger partial charge in [0.15, 0.2) is 0 Å². The van der Waals surface area contributed by atoms with Crippen molar-refractivity contribution in [2.75, 3.05) is 26.3 Å². The third-order valence-corrected chi connectivity index (χ3v) is 5.10. The lowest BCUT2D eigenvalue weighted by Crippen LogP contribution is -2.36. The largest absolute Gasteiger partial charge is 0.507 e. The third kappa shape index (κ3) is 3.59. The van der Waals surface area contributed by atoms with Gasteiger partial charge in [-0.2, -0.15) is 0 Å². The molecule has 2 aromatic carbocycles. The highest BCUT2D eigenvalue weighted by atomic mass is 16.5. The molecule has 5 rings (SSSR count). The smallest absolute Gasteiger partial charge is 0.251 e. The van der Waals surface area contributed by atoms with Crippen molar-refractivity contribution >= 4 is 11.0 Å². The first-order valence-electron chi connectivity index (χ1n) is 9.63. The van der Waals surface area contributed by atoms with E-state index in [2.05, 4.69) is 19.7 Å². The minimum absolute atomic E-state index is 0.115. The van der Waals surface area contributed by atoms with Gasteiger partial charge in [-0.3, -0.25) is 4.90 Å². The van der Waals surface area contributed by atoms with E-state index in [0.29, 0.717) is 23.9 Å². The van der Waals surface area contributed by atoms with E-state index in [4.69, 9.17) is 14.1 Å². The summed E-state index contributed by atoms with van der Waals surface area (Å²) in [6.45, 7) is 4.42. The first kappa shape index (κ1) is 17.8. The fourth-order valence-electron chi connectivity index (χ4n) is 3.60. The number of hydrogen-bond donors (Lipinski definition) is 1. The summed E-state index contributed by atoms with van der Waals surface area (Å²) in [4.78, 5) is 7.17. The standard InChI is InChI=1S/C21H21N5O3/c27-18-8-4-1-5-15(18)21-24-23-20(29-21)14-26-17-7-3-2-6-16(17)22-19(26)13-25-9-11-28-12-10-25/h1-8,27H,9-14H2. The molecular formula is C21H21N5O3. The second kappa shape index (κ2) is 7.65. The Morgan fingerprint density at radius 3 is 2.59 bits per heavy atom. The highest BCUT2D eigenvalue weighted by molar-refractivity contribution is 5.76. The van der Waals surface area contributed by atoms with Crippen LogP contribution in [0.3, 0.4) is 0 Å². The van der Waals surface area contributed by atoms with Crippen molar-refractivity contribution in [1.29, 1.82) is 0 Å². The average molecular weight is 391 g/mol. The molecule has 0 radical (unpaired) electrons. The van der Waals surface area contributed by atoms with Crippen LogP contribution < -0.4 is 0 Å². The maximum atomic E-state index is 10.0. The van der Waals surface area contributed by atoms with Gasteiger partial charge in [-0.25, -0.2) is 4.98 Å². The van der Waals surface area contributed by atoms with Gasteiger partial charge in [0.05, 0.1) is 36.4 Å². The monoisotopic (exact) mass is 391 g/mol. The van der Waals surface area contributed by atoms with Crippen LogP contribution in [0.2, 0.25) is 0 Å². The van der Waals surface area contributed by atoms with Crippen LogP contribution in [0.1, 0.15) is 11.7 Å². The number of hydrogen-bond acceptors (Lipinski definition) is 7. The number of nitrogens with zero attached hydrogens (tertiary/aromatic N) is 5. The Labute approximate surface area is 167 Å². The topological polar surface area (TPSA) is 89.4 Å². The maximum absolute atomic E-state index is 10.0. The van der Waals surface area contributed by atoms with E-state index >= 15 is 0 Å². The van der Waals surface area contributed by atoms with Gasteiger partial charge < -0.3 is 18.8 Å². The first-order valence-corrected chi connectivity index (χ1v) is 9.63. The van der Waals surface area contributed by atoms with E-state index in [1.54, 1.807) is 18.2 Å². The van der Waals surface area contributed by atoms with Crippen molar-refractivity contribution in [3.8, 4) is 17.2 Å². The number of para-hydroxylation sites is 3. The van der Waals surface area contributed by atoms with Gasteiger partial charge >= 0.3 is 0 Å². The molecule has 148 valence electrons. The molecule has 2 aromatic heterocycles. The van der Waals surface area contributed by atoms with E-state index < -0.39 is 0 Å². The lowest BCUT2D eigenvalue weighted by atomic mass is 10.2. The van der Waals surface area contributed by atoms with E-state index in [0.717, 1.165) is 49.7 Å². The summed E-state index contributed by atoms with van der Waals surface area (Å²) >= 11 is 0. The van der Waals surface area contributed by atoms with Gasteiger partial charge in [-0.1, -0.05) is 24.3 Å². The number of benzene rings is 2. The molecule has 0 amide bonds. The summed E-state index contributed by atoms with van der Waals surface area (Å²) in [6, 6.07) is 15.0. The fourth-order valence-corrected chi connectivity index (χ4v) is 3.60. The summed E-state index contributed by atoms with van der Waals surface area (Å²) in [5.41, 5.74) is 2.49. The van der Waals surface area contributed by atoms with Gasteiger partial charge in [-0.05, 0) is 24.3 Å². The number of fused-ring (bicyclic) bond motifs is 1. The van der Waals surface area contributed by atoms with Crippen LogP contribution in [-0.2, 0) is 17.8 Å². The zero-order chi connectivity index (χ0) is 19.6. The van der Waals surface area contributed by atoms with Crippen molar-refractivity contribution in [2.24, 2.45) is 0 Å². The first-order chi connectivity index (χ1) is 14.3. The minimum Gasteiger partial charge on any atom is -0.507 e. The van der Waals surface area contributed by atoms with Crippen LogP contribution in [0.5, 0.6) is 5.75 Å².